The molecule has 1 amide bonds. The van der Waals surface area contributed by atoms with E-state index in [1.165, 1.54) is 0 Å². The number of nitrogens with one attached hydrogen (secondary N) is 1. The summed E-state index contributed by atoms with van der Waals surface area (Å²) in [6.45, 7) is 4.71. The van der Waals surface area contributed by atoms with E-state index in [0.29, 0.717) is 15.6 Å². The minimum absolute atomic E-state index is 0.227. The van der Waals surface area contributed by atoms with Crippen LogP contribution < -0.4 is 5.32 Å². The number of hydrogen-bond acceptors (Lipinski definition) is 4. The standard InChI is InChI=1S/C16H19Cl2N3OS2/c1-16(2,12-9-19-21(10-12)4-5-24-23-3)20-15(22)11-6-13(17)8-14(18)7-11/h6-10H,4-5H2,1-3H3,(H,20,22). The van der Waals surface area contributed by atoms with Crippen LogP contribution in [0.2, 0.25) is 10.0 Å². The van der Waals surface area contributed by atoms with Crippen molar-refractivity contribution in [2.24, 2.45) is 0 Å². The molecule has 1 aromatic carbocycles. The number of aryl methyl sites for hydroxylation is 1. The molecule has 2 aromatic rings. The average Bonchev–Trinajstić information content (AvgIpc) is 2.96. The lowest BCUT2D eigenvalue weighted by molar-refractivity contribution is 0.0912. The van der Waals surface area contributed by atoms with Gasteiger partial charge in [-0.3, -0.25) is 9.48 Å². The molecule has 1 aromatic heterocycles. The highest BCUT2D eigenvalue weighted by Gasteiger charge is 2.25. The van der Waals surface area contributed by atoms with Gasteiger partial charge in [-0.05, 0) is 38.3 Å². The molecule has 1 N–H and O–H groups in total. The molecular weight excluding hydrogens is 385 g/mol. The first-order chi connectivity index (χ1) is 11.3. The van der Waals surface area contributed by atoms with Crippen LogP contribution in [0.4, 0.5) is 0 Å². The van der Waals surface area contributed by atoms with Gasteiger partial charge in [0.2, 0.25) is 0 Å². The lowest BCUT2D eigenvalue weighted by Crippen LogP contribution is -2.40. The third-order valence-electron chi connectivity index (χ3n) is 3.43. The summed E-state index contributed by atoms with van der Waals surface area (Å²) in [5.74, 6) is 0.755. The maximum absolute atomic E-state index is 12.5. The average molecular weight is 404 g/mol. The van der Waals surface area contributed by atoms with Crippen LogP contribution in [-0.2, 0) is 12.1 Å². The number of nitrogens with zero attached hydrogens (tertiary/aromatic N) is 2. The maximum Gasteiger partial charge on any atom is 0.252 e. The third kappa shape index (κ3) is 5.34. The van der Waals surface area contributed by atoms with Crippen LogP contribution in [0.5, 0.6) is 0 Å². The molecule has 0 saturated heterocycles. The molecule has 0 unspecified atom stereocenters. The van der Waals surface area contributed by atoms with E-state index in [4.69, 9.17) is 23.2 Å². The SMILES string of the molecule is CSSCCn1cc(C(C)(C)NC(=O)c2cc(Cl)cc(Cl)c2)cn1. The molecule has 0 aliphatic heterocycles. The highest BCUT2D eigenvalue weighted by Crippen LogP contribution is 2.23. The Kier molecular flexibility index (Phi) is 6.92. The van der Waals surface area contributed by atoms with Gasteiger partial charge < -0.3 is 5.32 Å². The Labute approximate surface area is 160 Å². The van der Waals surface area contributed by atoms with Crippen molar-refractivity contribution in [3.63, 3.8) is 0 Å². The van der Waals surface area contributed by atoms with Crippen molar-refractivity contribution in [1.29, 1.82) is 0 Å². The van der Waals surface area contributed by atoms with Crippen LogP contribution in [0.1, 0.15) is 29.8 Å². The van der Waals surface area contributed by atoms with E-state index in [1.54, 1.807) is 46.0 Å². The molecule has 0 spiro atoms. The highest BCUT2D eigenvalue weighted by molar-refractivity contribution is 8.76. The molecule has 0 aliphatic rings. The Morgan fingerprint density at radius 3 is 2.58 bits per heavy atom. The number of carbonyl (C=O) groups excluding carboxylic acids is 1. The second-order valence-corrected chi connectivity index (χ2v) is 9.28. The van der Waals surface area contributed by atoms with Gasteiger partial charge in [-0.25, -0.2) is 0 Å². The van der Waals surface area contributed by atoms with E-state index >= 15 is 0 Å². The van der Waals surface area contributed by atoms with Crippen LogP contribution in [0, 0.1) is 0 Å². The van der Waals surface area contributed by atoms with Crippen LogP contribution >= 0.6 is 44.8 Å². The van der Waals surface area contributed by atoms with E-state index in [0.717, 1.165) is 17.9 Å². The summed E-state index contributed by atoms with van der Waals surface area (Å²) in [6, 6.07) is 4.80. The second kappa shape index (κ2) is 8.52. The molecule has 8 heteroatoms. The first kappa shape index (κ1) is 19.5. The number of benzene rings is 1. The fraction of sp³-hybridized carbons (Fsp3) is 0.375. The van der Waals surface area contributed by atoms with Crippen LogP contribution in [-0.4, -0.2) is 27.7 Å². The van der Waals surface area contributed by atoms with Crippen molar-refractivity contribution in [2.75, 3.05) is 12.0 Å². The van der Waals surface area contributed by atoms with Gasteiger partial charge in [-0.2, -0.15) is 5.10 Å². The number of aromatic nitrogens is 2. The fourth-order valence-electron chi connectivity index (χ4n) is 2.14. The van der Waals surface area contributed by atoms with Crippen molar-refractivity contribution in [3.8, 4) is 0 Å². The number of halogens is 2. The van der Waals surface area contributed by atoms with Crippen LogP contribution in [0.3, 0.4) is 0 Å². The molecule has 0 bridgehead atoms. The quantitative estimate of drug-likeness (QED) is 0.529. The molecule has 0 radical (unpaired) electrons. The summed E-state index contributed by atoms with van der Waals surface area (Å²) in [7, 11) is 3.53. The smallest absolute Gasteiger partial charge is 0.252 e. The molecule has 0 aliphatic carbocycles. The largest absolute Gasteiger partial charge is 0.343 e. The molecule has 0 saturated carbocycles. The number of amides is 1. The van der Waals surface area contributed by atoms with Crippen molar-refractivity contribution >= 4 is 50.7 Å². The van der Waals surface area contributed by atoms with E-state index in [1.807, 2.05) is 24.7 Å². The Morgan fingerprint density at radius 2 is 1.96 bits per heavy atom. The Bertz CT molecular complexity index is 699. The summed E-state index contributed by atoms with van der Waals surface area (Å²) in [5, 5.41) is 8.24. The zero-order chi connectivity index (χ0) is 17.7. The van der Waals surface area contributed by atoms with Crippen molar-refractivity contribution in [1.82, 2.24) is 15.1 Å². The summed E-state index contributed by atoms with van der Waals surface area (Å²) in [5.41, 5.74) is 0.819. The van der Waals surface area contributed by atoms with Gasteiger partial charge in [-0.1, -0.05) is 44.8 Å². The number of hydrogen-bond donors (Lipinski definition) is 1. The van der Waals surface area contributed by atoms with E-state index in [-0.39, 0.29) is 5.91 Å². The lowest BCUT2D eigenvalue weighted by Gasteiger charge is -2.25. The lowest BCUT2D eigenvalue weighted by atomic mass is 9.97. The zero-order valence-corrected chi connectivity index (χ0v) is 16.8. The molecule has 24 heavy (non-hydrogen) atoms. The van der Waals surface area contributed by atoms with Gasteiger partial charge in [0.05, 0.1) is 18.3 Å². The molecule has 4 nitrogen and oxygen atoms in total. The zero-order valence-electron chi connectivity index (χ0n) is 13.7. The summed E-state index contributed by atoms with van der Waals surface area (Å²) >= 11 is 11.9. The predicted octanol–water partition coefficient (Wildman–Crippen LogP) is 4.87. The topological polar surface area (TPSA) is 46.9 Å². The van der Waals surface area contributed by atoms with Crippen LogP contribution in [0.15, 0.2) is 30.6 Å². The summed E-state index contributed by atoms with van der Waals surface area (Å²) in [4.78, 5) is 12.5. The van der Waals surface area contributed by atoms with Gasteiger partial charge >= 0.3 is 0 Å². The Morgan fingerprint density at radius 1 is 1.29 bits per heavy atom. The third-order valence-corrected chi connectivity index (χ3v) is 5.66. The van der Waals surface area contributed by atoms with Crippen molar-refractivity contribution in [3.05, 3.63) is 51.8 Å². The number of carbonyl (C=O) groups is 1. The van der Waals surface area contributed by atoms with Crippen LogP contribution in [0.25, 0.3) is 0 Å². The Balaban J connectivity index is 2.08. The van der Waals surface area contributed by atoms with Gasteiger partial charge in [0.25, 0.3) is 5.91 Å². The van der Waals surface area contributed by atoms with Crippen molar-refractivity contribution < 1.29 is 4.79 Å². The normalized spacial score (nSPS) is 11.5. The minimum Gasteiger partial charge on any atom is -0.343 e. The van der Waals surface area contributed by atoms with Gasteiger partial charge in [-0.15, -0.1) is 0 Å². The summed E-state index contributed by atoms with van der Waals surface area (Å²) in [6.07, 6.45) is 5.81. The van der Waals surface area contributed by atoms with Crippen molar-refractivity contribution in [2.45, 2.75) is 25.9 Å². The second-order valence-electron chi connectivity index (χ2n) is 5.72. The molecule has 130 valence electrons. The van der Waals surface area contributed by atoms with E-state index in [9.17, 15) is 4.79 Å². The first-order valence-electron chi connectivity index (χ1n) is 7.29. The van der Waals surface area contributed by atoms with Gasteiger partial charge in [0.15, 0.2) is 0 Å². The molecule has 0 atom stereocenters. The van der Waals surface area contributed by atoms with Gasteiger partial charge in [0.1, 0.15) is 0 Å². The maximum atomic E-state index is 12.5. The fourth-order valence-corrected chi connectivity index (χ4v) is 3.81. The van der Waals surface area contributed by atoms with E-state index < -0.39 is 5.54 Å². The number of rotatable bonds is 7. The molecule has 2 rings (SSSR count). The molecule has 1 heterocycles. The Hall–Kier alpha value is -0.820. The van der Waals surface area contributed by atoms with E-state index in [2.05, 4.69) is 16.7 Å². The minimum atomic E-state index is -0.559. The van der Waals surface area contributed by atoms with Gasteiger partial charge in [0, 0.05) is 33.1 Å². The predicted molar refractivity (Wildman–Crippen MR) is 105 cm³/mol. The monoisotopic (exact) mass is 403 g/mol. The highest BCUT2D eigenvalue weighted by atomic mass is 35.5. The molecular formula is C16H19Cl2N3OS2. The molecule has 0 fully saturated rings. The first-order valence-corrected chi connectivity index (χ1v) is 10.8. The summed E-state index contributed by atoms with van der Waals surface area (Å²) < 4.78 is 1.89.